The number of pyridine rings is 1. The van der Waals surface area contributed by atoms with Crippen LogP contribution in [0.5, 0.6) is 11.5 Å². The molecule has 3 aromatic rings. The Balaban J connectivity index is 1.41. The summed E-state index contributed by atoms with van der Waals surface area (Å²) in [7, 11) is 2.13. The van der Waals surface area contributed by atoms with Gasteiger partial charge in [0.15, 0.2) is 0 Å². The average molecular weight is 373 g/mol. The molecule has 1 N–H and O–H groups in total. The molecule has 0 saturated heterocycles. The summed E-state index contributed by atoms with van der Waals surface area (Å²) >= 11 is 0. The van der Waals surface area contributed by atoms with E-state index in [1.807, 2.05) is 12.1 Å². The third-order valence-corrected chi connectivity index (χ3v) is 4.93. The normalized spacial score (nSPS) is 13.0. The van der Waals surface area contributed by atoms with Crippen LogP contribution in [0.4, 0.5) is 5.69 Å². The number of hydrogen-bond acceptors (Lipinski definition) is 4. The molecule has 1 amide bonds. The number of fused-ring (bicyclic) bond motifs is 1. The minimum atomic E-state index is -0.116. The van der Waals surface area contributed by atoms with Gasteiger partial charge in [0, 0.05) is 43.8 Å². The molecule has 1 aliphatic rings. The van der Waals surface area contributed by atoms with Crippen molar-refractivity contribution in [3.63, 3.8) is 0 Å². The van der Waals surface area contributed by atoms with Gasteiger partial charge in [-0.1, -0.05) is 18.2 Å². The lowest BCUT2D eigenvalue weighted by atomic mass is 9.99. The quantitative estimate of drug-likeness (QED) is 0.729. The molecule has 0 spiro atoms. The van der Waals surface area contributed by atoms with E-state index in [2.05, 4.69) is 40.4 Å². The van der Waals surface area contributed by atoms with Crippen LogP contribution in [0.15, 0.2) is 67.0 Å². The van der Waals surface area contributed by atoms with Crippen LogP contribution < -0.4 is 15.0 Å². The van der Waals surface area contributed by atoms with E-state index in [1.54, 1.807) is 36.7 Å². The van der Waals surface area contributed by atoms with Crippen LogP contribution in [-0.4, -0.2) is 24.5 Å². The van der Waals surface area contributed by atoms with Crippen molar-refractivity contribution >= 4 is 11.6 Å². The number of carbonyl (C=O) groups excluding carboxylic acids is 1. The third kappa shape index (κ3) is 4.14. The molecule has 0 unspecified atom stereocenters. The summed E-state index contributed by atoms with van der Waals surface area (Å²) in [5.41, 5.74) is 4.34. The van der Waals surface area contributed by atoms with Gasteiger partial charge in [0.1, 0.15) is 11.5 Å². The highest BCUT2D eigenvalue weighted by Gasteiger charge is 2.14. The zero-order valence-electron chi connectivity index (χ0n) is 15.9. The number of amides is 1. The van der Waals surface area contributed by atoms with Gasteiger partial charge in [-0.05, 0) is 60.4 Å². The first-order valence-corrected chi connectivity index (χ1v) is 9.48. The maximum absolute atomic E-state index is 12.6. The second-order valence-electron chi connectivity index (χ2n) is 6.98. The Labute approximate surface area is 165 Å². The van der Waals surface area contributed by atoms with Crippen molar-refractivity contribution in [1.82, 2.24) is 10.3 Å². The Hall–Kier alpha value is -3.34. The maximum Gasteiger partial charge on any atom is 0.251 e. The summed E-state index contributed by atoms with van der Waals surface area (Å²) < 4.78 is 5.78. The fourth-order valence-corrected chi connectivity index (χ4v) is 3.48. The van der Waals surface area contributed by atoms with Crippen LogP contribution in [0.2, 0.25) is 0 Å². The molecule has 0 fully saturated rings. The van der Waals surface area contributed by atoms with E-state index in [-0.39, 0.29) is 5.91 Å². The number of anilines is 1. The monoisotopic (exact) mass is 373 g/mol. The Kier molecular flexibility index (Phi) is 5.24. The number of carbonyl (C=O) groups is 1. The molecule has 28 heavy (non-hydrogen) atoms. The molecule has 2 aromatic carbocycles. The summed E-state index contributed by atoms with van der Waals surface area (Å²) in [5, 5.41) is 3.01. The van der Waals surface area contributed by atoms with Crippen LogP contribution in [-0.2, 0) is 13.0 Å². The fraction of sp³-hybridized carbons (Fsp3) is 0.217. The van der Waals surface area contributed by atoms with Gasteiger partial charge in [-0.25, -0.2) is 0 Å². The Bertz CT molecular complexity index is 973. The number of nitrogens with zero attached hydrogens (tertiary/aromatic N) is 2. The van der Waals surface area contributed by atoms with Gasteiger partial charge in [0.25, 0.3) is 5.91 Å². The second-order valence-corrected chi connectivity index (χ2v) is 6.98. The van der Waals surface area contributed by atoms with E-state index in [0.717, 1.165) is 18.5 Å². The molecular weight excluding hydrogens is 350 g/mol. The van der Waals surface area contributed by atoms with Gasteiger partial charge in [-0.3, -0.25) is 9.78 Å². The van der Waals surface area contributed by atoms with E-state index in [1.165, 1.54) is 17.7 Å². The van der Waals surface area contributed by atoms with Crippen molar-refractivity contribution in [3.8, 4) is 11.5 Å². The Morgan fingerprint density at radius 2 is 1.96 bits per heavy atom. The molecule has 2 heterocycles. The molecule has 0 bridgehead atoms. The van der Waals surface area contributed by atoms with Crippen molar-refractivity contribution in [2.45, 2.75) is 19.4 Å². The van der Waals surface area contributed by atoms with E-state index < -0.39 is 0 Å². The summed E-state index contributed by atoms with van der Waals surface area (Å²) in [4.78, 5) is 18.8. The maximum atomic E-state index is 12.6. The predicted molar refractivity (Wildman–Crippen MR) is 110 cm³/mol. The summed E-state index contributed by atoms with van der Waals surface area (Å²) in [5.74, 6) is 1.19. The lowest BCUT2D eigenvalue weighted by Gasteiger charge is -2.27. The van der Waals surface area contributed by atoms with Gasteiger partial charge in [0.2, 0.25) is 0 Å². The third-order valence-electron chi connectivity index (χ3n) is 4.93. The van der Waals surface area contributed by atoms with Crippen molar-refractivity contribution in [3.05, 3.63) is 83.7 Å². The lowest BCUT2D eigenvalue weighted by Crippen LogP contribution is -2.25. The van der Waals surface area contributed by atoms with Crippen LogP contribution in [0.3, 0.4) is 0 Å². The van der Waals surface area contributed by atoms with Crippen molar-refractivity contribution < 1.29 is 9.53 Å². The lowest BCUT2D eigenvalue weighted by molar-refractivity contribution is 0.0950. The van der Waals surface area contributed by atoms with Crippen LogP contribution in [0.1, 0.15) is 27.9 Å². The highest BCUT2D eigenvalue weighted by Crippen LogP contribution is 2.27. The number of aryl methyl sites for hydroxylation is 1. The molecule has 0 saturated carbocycles. The molecule has 142 valence electrons. The van der Waals surface area contributed by atoms with E-state index in [9.17, 15) is 4.79 Å². The first kappa shape index (κ1) is 18.0. The molecule has 4 rings (SSSR count). The first-order chi connectivity index (χ1) is 13.7. The van der Waals surface area contributed by atoms with Gasteiger partial charge >= 0.3 is 0 Å². The van der Waals surface area contributed by atoms with E-state index >= 15 is 0 Å². The Morgan fingerprint density at radius 1 is 1.11 bits per heavy atom. The molecule has 5 heteroatoms. The minimum Gasteiger partial charge on any atom is -0.457 e. The Morgan fingerprint density at radius 3 is 2.82 bits per heavy atom. The number of hydrogen-bond donors (Lipinski definition) is 1. The number of nitrogens with one attached hydrogen (secondary N) is 1. The van der Waals surface area contributed by atoms with Gasteiger partial charge in [-0.2, -0.15) is 0 Å². The summed E-state index contributed by atoms with van der Waals surface area (Å²) in [6.45, 7) is 1.60. The summed E-state index contributed by atoms with van der Waals surface area (Å²) in [6.07, 6.45) is 5.60. The largest absolute Gasteiger partial charge is 0.457 e. The topological polar surface area (TPSA) is 54.5 Å². The fourth-order valence-electron chi connectivity index (χ4n) is 3.48. The number of aromatic nitrogens is 1. The molecule has 0 radical (unpaired) electrons. The SMILES string of the molecule is CN1CCCc2cc(CNC(=O)c3cccc(Oc4ccncc4)c3)ccc21. The average Bonchev–Trinajstić information content (AvgIpc) is 2.73. The second kappa shape index (κ2) is 8.13. The van der Waals surface area contributed by atoms with E-state index in [0.29, 0.717) is 23.6 Å². The van der Waals surface area contributed by atoms with Crippen LogP contribution in [0, 0.1) is 0 Å². The smallest absolute Gasteiger partial charge is 0.251 e. The molecule has 0 atom stereocenters. The highest BCUT2D eigenvalue weighted by molar-refractivity contribution is 5.94. The van der Waals surface area contributed by atoms with Crippen LogP contribution >= 0.6 is 0 Å². The standard InChI is InChI=1S/C23H23N3O2/c1-26-13-3-5-18-14-17(7-8-22(18)26)16-25-23(27)19-4-2-6-21(15-19)28-20-9-11-24-12-10-20/h2,4,6-12,14-15H,3,5,13,16H2,1H3,(H,25,27). The van der Waals surface area contributed by atoms with E-state index in [4.69, 9.17) is 4.74 Å². The molecule has 1 aliphatic heterocycles. The molecular formula is C23H23N3O2. The minimum absolute atomic E-state index is 0.116. The molecule has 0 aliphatic carbocycles. The first-order valence-electron chi connectivity index (χ1n) is 9.48. The molecule has 1 aromatic heterocycles. The number of benzene rings is 2. The van der Waals surface area contributed by atoms with Crippen molar-refractivity contribution in [2.75, 3.05) is 18.5 Å². The predicted octanol–water partition coefficient (Wildman–Crippen LogP) is 4.19. The van der Waals surface area contributed by atoms with Crippen LogP contribution in [0.25, 0.3) is 0 Å². The number of ether oxygens (including phenoxy) is 1. The number of rotatable bonds is 5. The highest BCUT2D eigenvalue weighted by atomic mass is 16.5. The van der Waals surface area contributed by atoms with Crippen molar-refractivity contribution in [1.29, 1.82) is 0 Å². The van der Waals surface area contributed by atoms with Crippen molar-refractivity contribution in [2.24, 2.45) is 0 Å². The summed E-state index contributed by atoms with van der Waals surface area (Å²) in [6, 6.07) is 17.2. The zero-order valence-corrected chi connectivity index (χ0v) is 15.9. The van der Waals surface area contributed by atoms with Gasteiger partial charge < -0.3 is 15.0 Å². The van der Waals surface area contributed by atoms with Gasteiger partial charge in [-0.15, -0.1) is 0 Å². The van der Waals surface area contributed by atoms with Gasteiger partial charge in [0.05, 0.1) is 0 Å². The molecule has 5 nitrogen and oxygen atoms in total. The zero-order chi connectivity index (χ0) is 19.3.